The summed E-state index contributed by atoms with van der Waals surface area (Å²) in [7, 11) is 4.09. The lowest BCUT2D eigenvalue weighted by Gasteiger charge is -2.11. The van der Waals surface area contributed by atoms with E-state index < -0.39 is 0 Å². The summed E-state index contributed by atoms with van der Waals surface area (Å²) in [6, 6.07) is 12.5. The lowest BCUT2D eigenvalue weighted by molar-refractivity contribution is 1.13. The lowest BCUT2D eigenvalue weighted by atomic mass is 10.1. The topological polar surface area (TPSA) is 16.1 Å². The summed E-state index contributed by atoms with van der Waals surface area (Å²) in [5, 5.41) is 0. The molecule has 0 unspecified atom stereocenters. The molecule has 0 bridgehead atoms. The molecule has 0 aliphatic heterocycles. The molecule has 2 rings (SSSR count). The summed E-state index contributed by atoms with van der Waals surface area (Å²) in [6.07, 6.45) is 6.04. The van der Waals surface area contributed by atoms with Gasteiger partial charge >= 0.3 is 0 Å². The average molecular weight is 238 g/mol. The van der Waals surface area contributed by atoms with E-state index in [0.717, 1.165) is 11.3 Å². The second-order valence-electron chi connectivity index (χ2n) is 4.50. The second-order valence-corrected chi connectivity index (χ2v) is 4.50. The van der Waals surface area contributed by atoms with Crippen LogP contribution in [0.2, 0.25) is 0 Å². The molecule has 0 N–H and O–H groups in total. The Labute approximate surface area is 109 Å². The largest absolute Gasteiger partial charge is 0.378 e. The molecule has 0 aliphatic rings. The van der Waals surface area contributed by atoms with Crippen molar-refractivity contribution in [1.29, 1.82) is 0 Å². The molecule has 2 aromatic rings. The standard InChI is InChI=1S/C16H18N2/c1-13-15(5-4-12-17-13)9-6-14-7-10-16(11-8-14)18(2)3/h4-12H,1-3H3/b9-6+. The third-order valence-electron chi connectivity index (χ3n) is 2.91. The van der Waals surface area contributed by atoms with E-state index >= 15 is 0 Å². The first-order valence-electron chi connectivity index (χ1n) is 6.04. The molecule has 0 aliphatic carbocycles. The van der Waals surface area contributed by atoms with Crippen LogP contribution in [0.25, 0.3) is 12.2 Å². The monoisotopic (exact) mass is 238 g/mol. The Kier molecular flexibility index (Phi) is 3.78. The Hall–Kier alpha value is -2.09. The van der Waals surface area contributed by atoms with Crippen molar-refractivity contribution in [2.75, 3.05) is 19.0 Å². The fourth-order valence-electron chi connectivity index (χ4n) is 1.74. The second kappa shape index (κ2) is 5.50. The van der Waals surface area contributed by atoms with E-state index in [9.17, 15) is 0 Å². The van der Waals surface area contributed by atoms with Crippen LogP contribution in [0.1, 0.15) is 16.8 Å². The molecule has 2 heteroatoms. The van der Waals surface area contributed by atoms with Crippen LogP contribution < -0.4 is 4.90 Å². The Bertz CT molecular complexity index is 539. The first kappa shape index (κ1) is 12.4. The van der Waals surface area contributed by atoms with Crippen molar-refractivity contribution >= 4 is 17.8 Å². The van der Waals surface area contributed by atoms with Crippen molar-refractivity contribution in [3.8, 4) is 0 Å². The molecule has 1 aromatic carbocycles. The Morgan fingerprint density at radius 1 is 1.00 bits per heavy atom. The van der Waals surface area contributed by atoms with Crippen LogP contribution in [-0.4, -0.2) is 19.1 Å². The maximum absolute atomic E-state index is 4.27. The van der Waals surface area contributed by atoms with Crippen LogP contribution in [0.15, 0.2) is 42.6 Å². The summed E-state index contributed by atoms with van der Waals surface area (Å²) in [5.74, 6) is 0. The molecular formula is C16H18N2. The fourth-order valence-corrected chi connectivity index (χ4v) is 1.74. The SMILES string of the molecule is Cc1ncccc1/C=C/c1ccc(N(C)C)cc1. The van der Waals surface area contributed by atoms with E-state index in [1.165, 1.54) is 11.3 Å². The summed E-state index contributed by atoms with van der Waals surface area (Å²) in [5.41, 5.74) is 4.63. The number of benzene rings is 1. The van der Waals surface area contributed by atoms with Crippen molar-refractivity contribution in [2.24, 2.45) is 0 Å². The van der Waals surface area contributed by atoms with Gasteiger partial charge in [0.25, 0.3) is 0 Å². The molecule has 1 heterocycles. The first-order valence-corrected chi connectivity index (χ1v) is 6.04. The highest BCUT2D eigenvalue weighted by molar-refractivity contribution is 5.71. The van der Waals surface area contributed by atoms with Gasteiger partial charge in [0.1, 0.15) is 0 Å². The number of hydrogen-bond acceptors (Lipinski definition) is 2. The average Bonchev–Trinajstić information content (AvgIpc) is 2.38. The minimum atomic E-state index is 1.05. The zero-order chi connectivity index (χ0) is 13.0. The number of hydrogen-bond donors (Lipinski definition) is 0. The first-order chi connectivity index (χ1) is 8.66. The summed E-state index contributed by atoms with van der Waals surface area (Å²) in [6.45, 7) is 2.02. The van der Waals surface area contributed by atoms with Crippen molar-refractivity contribution in [3.63, 3.8) is 0 Å². The van der Waals surface area contributed by atoms with Crippen molar-refractivity contribution < 1.29 is 0 Å². The van der Waals surface area contributed by atoms with Gasteiger partial charge in [-0.2, -0.15) is 0 Å². The predicted molar refractivity (Wildman–Crippen MR) is 78.7 cm³/mol. The van der Waals surface area contributed by atoms with E-state index in [4.69, 9.17) is 0 Å². The normalized spacial score (nSPS) is 10.8. The van der Waals surface area contributed by atoms with Crippen LogP contribution in [0.4, 0.5) is 5.69 Å². The number of anilines is 1. The molecule has 1 aromatic heterocycles. The number of aryl methyl sites for hydroxylation is 1. The molecule has 0 saturated heterocycles. The quantitative estimate of drug-likeness (QED) is 0.811. The number of aromatic nitrogens is 1. The molecule has 0 radical (unpaired) electrons. The summed E-state index contributed by atoms with van der Waals surface area (Å²) < 4.78 is 0. The summed E-state index contributed by atoms with van der Waals surface area (Å²) >= 11 is 0. The smallest absolute Gasteiger partial charge is 0.0444 e. The Morgan fingerprint density at radius 3 is 2.33 bits per heavy atom. The number of rotatable bonds is 3. The van der Waals surface area contributed by atoms with Gasteiger partial charge in [0.05, 0.1) is 0 Å². The molecule has 92 valence electrons. The molecule has 0 saturated carbocycles. The Balaban J connectivity index is 2.17. The van der Waals surface area contributed by atoms with Crippen molar-refractivity contribution in [1.82, 2.24) is 4.98 Å². The van der Waals surface area contributed by atoms with Gasteiger partial charge in [-0.15, -0.1) is 0 Å². The number of pyridine rings is 1. The molecule has 18 heavy (non-hydrogen) atoms. The minimum Gasteiger partial charge on any atom is -0.378 e. The van der Waals surface area contributed by atoms with Gasteiger partial charge in [0.2, 0.25) is 0 Å². The van der Waals surface area contributed by atoms with E-state index in [1.807, 2.05) is 33.3 Å². The minimum absolute atomic E-state index is 1.05. The fraction of sp³-hybridized carbons (Fsp3) is 0.188. The number of nitrogens with zero attached hydrogens (tertiary/aromatic N) is 2. The zero-order valence-electron chi connectivity index (χ0n) is 11.1. The van der Waals surface area contributed by atoms with Gasteiger partial charge < -0.3 is 4.90 Å². The highest BCUT2D eigenvalue weighted by atomic mass is 15.1. The third-order valence-corrected chi connectivity index (χ3v) is 2.91. The highest BCUT2D eigenvalue weighted by Gasteiger charge is 1.95. The van der Waals surface area contributed by atoms with E-state index in [2.05, 4.69) is 52.4 Å². The van der Waals surface area contributed by atoms with E-state index in [0.29, 0.717) is 0 Å². The molecule has 2 nitrogen and oxygen atoms in total. The molecular weight excluding hydrogens is 220 g/mol. The molecule has 0 amide bonds. The molecule has 0 atom stereocenters. The maximum atomic E-state index is 4.27. The predicted octanol–water partition coefficient (Wildman–Crippen LogP) is 3.63. The van der Waals surface area contributed by atoms with Crippen molar-refractivity contribution in [2.45, 2.75) is 6.92 Å². The van der Waals surface area contributed by atoms with Crippen LogP contribution >= 0.6 is 0 Å². The van der Waals surface area contributed by atoms with Crippen LogP contribution in [0.3, 0.4) is 0 Å². The van der Waals surface area contributed by atoms with Gasteiger partial charge in [-0.3, -0.25) is 4.98 Å². The van der Waals surface area contributed by atoms with Crippen LogP contribution in [0, 0.1) is 6.92 Å². The molecule has 0 spiro atoms. The summed E-state index contributed by atoms with van der Waals surface area (Å²) in [4.78, 5) is 6.37. The van der Waals surface area contributed by atoms with E-state index in [1.54, 1.807) is 0 Å². The van der Waals surface area contributed by atoms with Gasteiger partial charge in [-0.25, -0.2) is 0 Å². The Morgan fingerprint density at radius 2 is 1.72 bits per heavy atom. The lowest BCUT2D eigenvalue weighted by Crippen LogP contribution is -2.07. The van der Waals surface area contributed by atoms with Gasteiger partial charge in [-0.1, -0.05) is 30.4 Å². The zero-order valence-corrected chi connectivity index (χ0v) is 11.1. The highest BCUT2D eigenvalue weighted by Crippen LogP contribution is 2.15. The molecule has 0 fully saturated rings. The van der Waals surface area contributed by atoms with Gasteiger partial charge in [-0.05, 0) is 36.2 Å². The van der Waals surface area contributed by atoms with Crippen LogP contribution in [-0.2, 0) is 0 Å². The van der Waals surface area contributed by atoms with Crippen LogP contribution in [0.5, 0.6) is 0 Å². The maximum Gasteiger partial charge on any atom is 0.0444 e. The van der Waals surface area contributed by atoms with Gasteiger partial charge in [0.15, 0.2) is 0 Å². The third kappa shape index (κ3) is 2.98. The van der Waals surface area contributed by atoms with Gasteiger partial charge in [0, 0.05) is 31.7 Å². The van der Waals surface area contributed by atoms with E-state index in [-0.39, 0.29) is 0 Å². The van der Waals surface area contributed by atoms with Crippen molar-refractivity contribution in [3.05, 3.63) is 59.4 Å².